The highest BCUT2D eigenvalue weighted by Crippen LogP contribution is 2.33. The molecule has 0 aromatic heterocycles. The van der Waals surface area contributed by atoms with Crippen molar-refractivity contribution < 1.29 is 22.8 Å². The molecule has 0 radical (unpaired) electrons. The third-order valence-electron chi connectivity index (χ3n) is 3.90. The Bertz CT molecular complexity index is 940. The van der Waals surface area contributed by atoms with Crippen LogP contribution in [0.15, 0.2) is 53.4 Å². The van der Waals surface area contributed by atoms with Gasteiger partial charge in [-0.15, -0.1) is 0 Å². The lowest BCUT2D eigenvalue weighted by Gasteiger charge is -2.19. The summed E-state index contributed by atoms with van der Waals surface area (Å²) in [4.78, 5) is 11.1. The molecule has 0 bridgehead atoms. The van der Waals surface area contributed by atoms with E-state index in [0.717, 1.165) is 17.7 Å². The number of carbonyl (C=O) groups is 1. The number of hydrogen-bond acceptors (Lipinski definition) is 4. The predicted molar refractivity (Wildman–Crippen MR) is 90.0 cm³/mol. The summed E-state index contributed by atoms with van der Waals surface area (Å²) < 4.78 is 39.8. The maximum atomic E-state index is 13.0. The molecule has 0 fully saturated rings. The number of hydrogen-bond donors (Lipinski definition) is 2. The molecule has 2 N–H and O–H groups in total. The number of nitrogens with zero attached hydrogens (tertiary/aromatic N) is 1. The second kappa shape index (κ2) is 6.66. The number of hydroxylamine groups is 1. The molecular formula is C17H15FN2O4S. The van der Waals surface area contributed by atoms with Crippen LogP contribution in [0.5, 0.6) is 0 Å². The number of anilines is 1. The Morgan fingerprint density at radius 3 is 2.60 bits per heavy atom. The third-order valence-corrected chi connectivity index (χ3v) is 5.72. The molecule has 0 saturated heterocycles. The number of sulfonamides is 1. The van der Waals surface area contributed by atoms with Crippen molar-refractivity contribution in [2.24, 2.45) is 0 Å². The van der Waals surface area contributed by atoms with Crippen LogP contribution in [-0.2, 0) is 21.2 Å². The molecule has 1 heterocycles. The van der Waals surface area contributed by atoms with Crippen LogP contribution in [0.4, 0.5) is 10.1 Å². The summed E-state index contributed by atoms with van der Waals surface area (Å²) in [6.07, 6.45) is 3.22. The lowest BCUT2D eigenvalue weighted by molar-refractivity contribution is -0.124. The Kier molecular flexibility index (Phi) is 4.56. The van der Waals surface area contributed by atoms with Gasteiger partial charge >= 0.3 is 0 Å². The Morgan fingerprint density at radius 2 is 1.92 bits per heavy atom. The molecule has 1 amide bonds. The summed E-state index contributed by atoms with van der Waals surface area (Å²) >= 11 is 0. The first-order valence-electron chi connectivity index (χ1n) is 7.45. The number of halogens is 1. The van der Waals surface area contributed by atoms with Crippen molar-refractivity contribution in [3.8, 4) is 0 Å². The first-order chi connectivity index (χ1) is 11.9. The molecule has 3 rings (SSSR count). The van der Waals surface area contributed by atoms with Gasteiger partial charge in [-0.3, -0.25) is 14.3 Å². The summed E-state index contributed by atoms with van der Waals surface area (Å²) in [6, 6.07) is 9.85. The van der Waals surface area contributed by atoms with Crippen LogP contribution < -0.4 is 9.79 Å². The Balaban J connectivity index is 1.90. The molecule has 0 spiro atoms. The SMILES string of the molecule is O=C(/C=C/c1ccc2c(c1)CCN2S(=O)(=O)c1ccc(F)cc1)NO. The average Bonchev–Trinajstić information content (AvgIpc) is 3.04. The number of benzene rings is 2. The summed E-state index contributed by atoms with van der Waals surface area (Å²) in [6.45, 7) is 0.291. The van der Waals surface area contributed by atoms with Crippen LogP contribution in [0.3, 0.4) is 0 Å². The lowest BCUT2D eigenvalue weighted by Crippen LogP contribution is -2.29. The normalized spacial score (nSPS) is 13.9. The molecule has 1 aliphatic heterocycles. The van der Waals surface area contributed by atoms with Crippen molar-refractivity contribution in [3.05, 3.63) is 65.5 Å². The molecule has 0 aliphatic carbocycles. The fourth-order valence-corrected chi connectivity index (χ4v) is 4.19. The first kappa shape index (κ1) is 17.1. The third kappa shape index (κ3) is 3.40. The number of nitrogens with one attached hydrogen (secondary N) is 1. The second-order valence-corrected chi connectivity index (χ2v) is 7.34. The van der Waals surface area contributed by atoms with Crippen molar-refractivity contribution in [2.45, 2.75) is 11.3 Å². The van der Waals surface area contributed by atoms with Gasteiger partial charge in [-0.2, -0.15) is 0 Å². The topological polar surface area (TPSA) is 86.7 Å². The molecule has 0 unspecified atom stereocenters. The van der Waals surface area contributed by atoms with Crippen molar-refractivity contribution in [1.29, 1.82) is 0 Å². The van der Waals surface area contributed by atoms with Gasteiger partial charge in [0.25, 0.3) is 15.9 Å². The van der Waals surface area contributed by atoms with E-state index in [0.29, 0.717) is 24.2 Å². The van der Waals surface area contributed by atoms with E-state index >= 15 is 0 Å². The number of amides is 1. The first-order valence-corrected chi connectivity index (χ1v) is 8.89. The van der Waals surface area contributed by atoms with Crippen molar-refractivity contribution >= 4 is 27.7 Å². The van der Waals surface area contributed by atoms with Gasteiger partial charge in [-0.25, -0.2) is 18.3 Å². The molecule has 2 aromatic rings. The molecule has 8 heteroatoms. The lowest BCUT2D eigenvalue weighted by atomic mass is 10.1. The zero-order valence-corrected chi connectivity index (χ0v) is 13.8. The predicted octanol–water partition coefficient (Wildman–Crippen LogP) is 2.10. The molecule has 0 atom stereocenters. The van der Waals surface area contributed by atoms with E-state index in [1.54, 1.807) is 18.2 Å². The maximum absolute atomic E-state index is 13.0. The average molecular weight is 362 g/mol. The minimum Gasteiger partial charge on any atom is -0.288 e. The molecule has 6 nitrogen and oxygen atoms in total. The van der Waals surface area contributed by atoms with E-state index < -0.39 is 21.7 Å². The minimum absolute atomic E-state index is 0.0327. The highest BCUT2D eigenvalue weighted by atomic mass is 32.2. The van der Waals surface area contributed by atoms with E-state index in [2.05, 4.69) is 0 Å². The van der Waals surface area contributed by atoms with Gasteiger partial charge in [0.2, 0.25) is 0 Å². The Labute approximate surface area is 144 Å². The number of fused-ring (bicyclic) bond motifs is 1. The van der Waals surface area contributed by atoms with Crippen LogP contribution in [0.1, 0.15) is 11.1 Å². The highest BCUT2D eigenvalue weighted by Gasteiger charge is 2.30. The molecular weight excluding hydrogens is 347 g/mol. The Morgan fingerprint density at radius 1 is 1.20 bits per heavy atom. The monoisotopic (exact) mass is 362 g/mol. The number of rotatable bonds is 4. The largest absolute Gasteiger partial charge is 0.288 e. The zero-order valence-electron chi connectivity index (χ0n) is 13.0. The van der Waals surface area contributed by atoms with Gasteiger partial charge in [0.15, 0.2) is 0 Å². The van der Waals surface area contributed by atoms with Crippen molar-refractivity contribution in [1.82, 2.24) is 5.48 Å². The summed E-state index contributed by atoms with van der Waals surface area (Å²) in [5.41, 5.74) is 3.60. The van der Waals surface area contributed by atoms with Crippen LogP contribution in [0, 0.1) is 5.82 Å². The highest BCUT2D eigenvalue weighted by molar-refractivity contribution is 7.92. The van der Waals surface area contributed by atoms with Crippen LogP contribution in [-0.4, -0.2) is 26.1 Å². The molecule has 130 valence electrons. The van der Waals surface area contributed by atoms with E-state index in [9.17, 15) is 17.6 Å². The molecule has 1 aliphatic rings. The summed E-state index contributed by atoms with van der Waals surface area (Å²) in [5.74, 6) is -1.15. The van der Waals surface area contributed by atoms with Gasteiger partial charge in [-0.1, -0.05) is 6.07 Å². The van der Waals surface area contributed by atoms with Gasteiger partial charge in [0, 0.05) is 12.6 Å². The zero-order chi connectivity index (χ0) is 18.0. The fourth-order valence-electron chi connectivity index (χ4n) is 2.69. The van der Waals surface area contributed by atoms with Gasteiger partial charge in [-0.05, 0) is 60.0 Å². The fraction of sp³-hybridized carbons (Fsp3) is 0.118. The molecule has 25 heavy (non-hydrogen) atoms. The van der Waals surface area contributed by atoms with Crippen LogP contribution >= 0.6 is 0 Å². The number of carbonyl (C=O) groups excluding carboxylic acids is 1. The maximum Gasteiger partial charge on any atom is 0.267 e. The van der Waals surface area contributed by atoms with E-state index in [-0.39, 0.29) is 4.90 Å². The summed E-state index contributed by atoms with van der Waals surface area (Å²) in [7, 11) is -3.76. The van der Waals surface area contributed by atoms with E-state index in [4.69, 9.17) is 5.21 Å². The van der Waals surface area contributed by atoms with Gasteiger partial charge in [0.05, 0.1) is 10.6 Å². The quantitative estimate of drug-likeness (QED) is 0.495. The second-order valence-electron chi connectivity index (χ2n) is 5.48. The smallest absolute Gasteiger partial charge is 0.267 e. The molecule has 2 aromatic carbocycles. The molecule has 0 saturated carbocycles. The van der Waals surface area contributed by atoms with Crippen LogP contribution in [0.25, 0.3) is 6.08 Å². The summed E-state index contributed by atoms with van der Waals surface area (Å²) in [5, 5.41) is 8.47. The standard InChI is InChI=1S/C17H15FN2O4S/c18-14-3-5-15(6-4-14)25(23,24)20-10-9-13-11-12(1-7-16(13)20)2-8-17(21)19-22/h1-8,11,22H,9-10H2,(H,19,21)/b8-2+. The van der Waals surface area contributed by atoms with Crippen LogP contribution in [0.2, 0.25) is 0 Å². The minimum atomic E-state index is -3.76. The van der Waals surface area contributed by atoms with Gasteiger partial charge < -0.3 is 0 Å². The van der Waals surface area contributed by atoms with Gasteiger partial charge in [0.1, 0.15) is 5.82 Å². The van der Waals surface area contributed by atoms with E-state index in [1.165, 1.54) is 34.1 Å². The van der Waals surface area contributed by atoms with E-state index in [1.807, 2.05) is 0 Å². The Hall–Kier alpha value is -2.71. The van der Waals surface area contributed by atoms with Crippen molar-refractivity contribution in [3.63, 3.8) is 0 Å². The van der Waals surface area contributed by atoms with Crippen molar-refractivity contribution in [2.75, 3.05) is 10.8 Å².